The van der Waals surface area contributed by atoms with Crippen LogP contribution in [0, 0.1) is 0 Å². The average molecular weight is 407 g/mol. The lowest BCUT2D eigenvalue weighted by atomic mass is 10.1. The van der Waals surface area contributed by atoms with Crippen LogP contribution < -0.4 is 15.0 Å². The van der Waals surface area contributed by atoms with Crippen LogP contribution in [0.2, 0.25) is 0 Å². The van der Waals surface area contributed by atoms with Gasteiger partial charge >= 0.3 is 0 Å². The SMILES string of the molecule is O=C(CCN1C(=O)COc2ccccc21)NCc1cccc(C(=O)N2CCCC2)c1. The fraction of sp³-hybridized carbons (Fsp3) is 0.348. The number of carbonyl (C=O) groups excluding carboxylic acids is 3. The molecule has 7 nitrogen and oxygen atoms in total. The van der Waals surface area contributed by atoms with Gasteiger partial charge in [0.05, 0.1) is 5.69 Å². The van der Waals surface area contributed by atoms with Crippen molar-refractivity contribution in [3.63, 3.8) is 0 Å². The smallest absolute Gasteiger partial charge is 0.265 e. The van der Waals surface area contributed by atoms with E-state index in [0.717, 1.165) is 31.5 Å². The highest BCUT2D eigenvalue weighted by molar-refractivity contribution is 5.98. The van der Waals surface area contributed by atoms with Crippen LogP contribution in [-0.2, 0) is 16.1 Å². The van der Waals surface area contributed by atoms with Crippen LogP contribution >= 0.6 is 0 Å². The maximum absolute atomic E-state index is 12.5. The molecule has 3 amide bonds. The van der Waals surface area contributed by atoms with E-state index in [4.69, 9.17) is 4.74 Å². The van der Waals surface area contributed by atoms with E-state index in [9.17, 15) is 14.4 Å². The second-order valence-electron chi connectivity index (χ2n) is 7.53. The van der Waals surface area contributed by atoms with Crippen molar-refractivity contribution < 1.29 is 19.1 Å². The van der Waals surface area contributed by atoms with Gasteiger partial charge in [-0.2, -0.15) is 0 Å². The Morgan fingerprint density at radius 1 is 1.03 bits per heavy atom. The van der Waals surface area contributed by atoms with E-state index in [1.807, 2.05) is 53.4 Å². The van der Waals surface area contributed by atoms with Gasteiger partial charge in [0.1, 0.15) is 5.75 Å². The Morgan fingerprint density at radius 2 is 1.83 bits per heavy atom. The summed E-state index contributed by atoms with van der Waals surface area (Å²) in [5, 5.41) is 2.88. The zero-order valence-electron chi connectivity index (χ0n) is 16.8. The number of rotatable bonds is 6. The van der Waals surface area contributed by atoms with Crippen LogP contribution in [0.5, 0.6) is 5.75 Å². The minimum absolute atomic E-state index is 0.0174. The summed E-state index contributed by atoms with van der Waals surface area (Å²) < 4.78 is 5.42. The Labute approximate surface area is 175 Å². The van der Waals surface area contributed by atoms with Gasteiger partial charge in [-0.3, -0.25) is 14.4 Å². The molecule has 2 aliphatic rings. The monoisotopic (exact) mass is 407 g/mol. The lowest BCUT2D eigenvalue weighted by Gasteiger charge is -2.29. The number of nitrogens with one attached hydrogen (secondary N) is 1. The van der Waals surface area contributed by atoms with Crippen LogP contribution in [0.15, 0.2) is 48.5 Å². The number of hydrogen-bond donors (Lipinski definition) is 1. The lowest BCUT2D eigenvalue weighted by Crippen LogP contribution is -2.41. The summed E-state index contributed by atoms with van der Waals surface area (Å²) in [4.78, 5) is 40.5. The van der Waals surface area contributed by atoms with E-state index in [0.29, 0.717) is 30.1 Å². The Hall–Kier alpha value is -3.35. The number of anilines is 1. The normalized spacial score (nSPS) is 15.5. The lowest BCUT2D eigenvalue weighted by molar-refractivity contribution is -0.122. The Morgan fingerprint density at radius 3 is 2.67 bits per heavy atom. The van der Waals surface area contributed by atoms with Gasteiger partial charge < -0.3 is 19.9 Å². The molecule has 156 valence electrons. The summed E-state index contributed by atoms with van der Waals surface area (Å²) in [6, 6.07) is 14.7. The summed E-state index contributed by atoms with van der Waals surface area (Å²) in [6.45, 7) is 2.23. The van der Waals surface area contributed by atoms with Crippen molar-refractivity contribution in [1.82, 2.24) is 10.2 Å². The largest absolute Gasteiger partial charge is 0.482 e. The van der Waals surface area contributed by atoms with Crippen molar-refractivity contribution >= 4 is 23.4 Å². The van der Waals surface area contributed by atoms with Crippen molar-refractivity contribution in [3.05, 3.63) is 59.7 Å². The number of ether oxygens (including phenoxy) is 1. The van der Waals surface area contributed by atoms with Gasteiger partial charge in [0.25, 0.3) is 11.8 Å². The number of carbonyl (C=O) groups is 3. The summed E-state index contributed by atoms with van der Waals surface area (Å²) >= 11 is 0. The molecule has 0 radical (unpaired) electrons. The van der Waals surface area contributed by atoms with Crippen molar-refractivity contribution in [1.29, 1.82) is 0 Å². The molecule has 0 aliphatic carbocycles. The van der Waals surface area contributed by atoms with Gasteiger partial charge in [-0.1, -0.05) is 24.3 Å². The zero-order valence-corrected chi connectivity index (χ0v) is 16.8. The van der Waals surface area contributed by atoms with Crippen LogP contribution in [0.3, 0.4) is 0 Å². The third-order valence-electron chi connectivity index (χ3n) is 5.43. The molecule has 1 saturated heterocycles. The topological polar surface area (TPSA) is 79.0 Å². The molecule has 2 aromatic carbocycles. The number of benzene rings is 2. The van der Waals surface area contributed by atoms with Crippen molar-refractivity contribution in [2.75, 3.05) is 31.1 Å². The number of para-hydroxylation sites is 2. The minimum Gasteiger partial charge on any atom is -0.482 e. The number of nitrogens with zero attached hydrogens (tertiary/aromatic N) is 2. The van der Waals surface area contributed by atoms with E-state index in [1.54, 1.807) is 4.90 Å². The summed E-state index contributed by atoms with van der Waals surface area (Å²) in [6.07, 6.45) is 2.29. The minimum atomic E-state index is -0.158. The van der Waals surface area contributed by atoms with E-state index < -0.39 is 0 Å². The quantitative estimate of drug-likeness (QED) is 0.797. The fourth-order valence-corrected chi connectivity index (χ4v) is 3.82. The number of likely N-dealkylation sites (tertiary alicyclic amines) is 1. The molecule has 0 atom stereocenters. The Balaban J connectivity index is 1.31. The summed E-state index contributed by atoms with van der Waals surface area (Å²) in [5.74, 6) is 0.389. The van der Waals surface area contributed by atoms with Gasteiger partial charge in [0.15, 0.2) is 6.61 Å². The number of hydrogen-bond acceptors (Lipinski definition) is 4. The number of amides is 3. The first kappa shape index (κ1) is 19.9. The average Bonchev–Trinajstić information content (AvgIpc) is 3.31. The summed E-state index contributed by atoms with van der Waals surface area (Å²) in [7, 11) is 0. The van der Waals surface area contributed by atoms with Crippen molar-refractivity contribution in [2.45, 2.75) is 25.8 Å². The van der Waals surface area contributed by atoms with Gasteiger partial charge in [0, 0.05) is 38.2 Å². The van der Waals surface area contributed by atoms with Gasteiger partial charge in [-0.25, -0.2) is 0 Å². The molecule has 2 aliphatic heterocycles. The maximum atomic E-state index is 12.5. The van der Waals surface area contributed by atoms with Crippen LogP contribution in [-0.4, -0.2) is 48.9 Å². The number of fused-ring (bicyclic) bond motifs is 1. The molecule has 0 unspecified atom stereocenters. The first-order valence-corrected chi connectivity index (χ1v) is 10.3. The Bertz CT molecular complexity index is 953. The molecule has 4 rings (SSSR count). The molecule has 1 fully saturated rings. The second kappa shape index (κ2) is 8.98. The first-order chi connectivity index (χ1) is 14.6. The van der Waals surface area contributed by atoms with Crippen LogP contribution in [0.25, 0.3) is 0 Å². The summed E-state index contributed by atoms with van der Waals surface area (Å²) in [5.41, 5.74) is 2.22. The fourth-order valence-electron chi connectivity index (χ4n) is 3.82. The molecule has 1 N–H and O–H groups in total. The van der Waals surface area contributed by atoms with E-state index >= 15 is 0 Å². The standard InChI is InChI=1S/C23H25N3O4/c27-21(10-13-26-19-8-1-2-9-20(19)30-16-22(26)28)24-15-17-6-5-7-18(14-17)23(29)25-11-3-4-12-25/h1-2,5-9,14H,3-4,10-13,15-16H2,(H,24,27). The molecule has 0 aromatic heterocycles. The molecule has 0 saturated carbocycles. The maximum Gasteiger partial charge on any atom is 0.265 e. The first-order valence-electron chi connectivity index (χ1n) is 10.3. The molecular formula is C23H25N3O4. The van der Waals surface area contributed by atoms with E-state index in [-0.39, 0.29) is 30.7 Å². The van der Waals surface area contributed by atoms with Gasteiger partial charge in [-0.15, -0.1) is 0 Å². The predicted octanol–water partition coefficient (Wildman–Crippen LogP) is 2.35. The third kappa shape index (κ3) is 4.45. The highest BCUT2D eigenvalue weighted by Gasteiger charge is 2.25. The Kier molecular flexibility index (Phi) is 5.97. The highest BCUT2D eigenvalue weighted by Crippen LogP contribution is 2.31. The predicted molar refractivity (Wildman–Crippen MR) is 112 cm³/mol. The molecular weight excluding hydrogens is 382 g/mol. The highest BCUT2D eigenvalue weighted by atomic mass is 16.5. The van der Waals surface area contributed by atoms with Gasteiger partial charge in [0.2, 0.25) is 5.91 Å². The van der Waals surface area contributed by atoms with Crippen LogP contribution in [0.4, 0.5) is 5.69 Å². The van der Waals surface area contributed by atoms with Crippen molar-refractivity contribution in [3.8, 4) is 5.75 Å². The third-order valence-corrected chi connectivity index (χ3v) is 5.43. The zero-order chi connectivity index (χ0) is 20.9. The van der Waals surface area contributed by atoms with E-state index in [1.165, 1.54) is 0 Å². The molecule has 2 heterocycles. The van der Waals surface area contributed by atoms with E-state index in [2.05, 4.69) is 5.32 Å². The second-order valence-corrected chi connectivity index (χ2v) is 7.53. The molecule has 7 heteroatoms. The molecule has 2 aromatic rings. The van der Waals surface area contributed by atoms with Crippen molar-refractivity contribution in [2.24, 2.45) is 0 Å². The molecule has 30 heavy (non-hydrogen) atoms. The van der Waals surface area contributed by atoms with Crippen LogP contribution in [0.1, 0.15) is 35.2 Å². The molecule has 0 spiro atoms. The molecule has 0 bridgehead atoms. The van der Waals surface area contributed by atoms with Gasteiger partial charge in [-0.05, 0) is 42.7 Å².